The van der Waals surface area contributed by atoms with Gasteiger partial charge in [0.25, 0.3) is 0 Å². The van der Waals surface area contributed by atoms with E-state index in [1.807, 2.05) is 0 Å². The molecule has 0 bridgehead atoms. The molecule has 0 amide bonds. The Morgan fingerprint density at radius 3 is 1.98 bits per heavy atom. The van der Waals surface area contributed by atoms with Gasteiger partial charge in [-0.25, -0.2) is 4.79 Å². The van der Waals surface area contributed by atoms with E-state index in [1.165, 1.54) is 14.0 Å². The maximum Gasteiger partial charge on any atom is 0.335 e. The van der Waals surface area contributed by atoms with Gasteiger partial charge in [-0.15, -0.1) is 0 Å². The first-order chi connectivity index (χ1) is 23.1. The molecule has 4 heterocycles. The van der Waals surface area contributed by atoms with Crippen LogP contribution in [-0.2, 0) is 57.0 Å². The Balaban J connectivity index is 1.63. The minimum absolute atomic E-state index is 0.0762. The Hall–Kier alpha value is -2.19. The monoisotopic (exact) mass is 715 g/mol. The van der Waals surface area contributed by atoms with Gasteiger partial charge in [-0.2, -0.15) is 0 Å². The van der Waals surface area contributed by atoms with Crippen LogP contribution in [0.25, 0.3) is 0 Å². The van der Waals surface area contributed by atoms with Gasteiger partial charge in [-0.3, -0.25) is 9.59 Å². The average Bonchev–Trinajstić information content (AvgIpc) is 3.40. The van der Waals surface area contributed by atoms with Crippen molar-refractivity contribution in [2.45, 2.75) is 131 Å². The minimum Gasteiger partial charge on any atom is -0.479 e. The van der Waals surface area contributed by atoms with Gasteiger partial charge in [0.2, 0.25) is 0 Å². The summed E-state index contributed by atoms with van der Waals surface area (Å²) in [5.74, 6) is -3.44. The first kappa shape index (κ1) is 39.6. The summed E-state index contributed by atoms with van der Waals surface area (Å²) in [5, 5.41) is 85.7. The van der Waals surface area contributed by atoms with Crippen molar-refractivity contribution in [3.05, 3.63) is 0 Å². The molecule has 0 aromatic carbocycles. The molecule has 0 spiro atoms. The van der Waals surface area contributed by atoms with Gasteiger partial charge in [0.05, 0.1) is 31.5 Å². The second-order valence-electron chi connectivity index (χ2n) is 12.1. The summed E-state index contributed by atoms with van der Waals surface area (Å²) in [7, 11) is 1.20. The quantitative estimate of drug-likeness (QED) is 0.0850. The van der Waals surface area contributed by atoms with Crippen LogP contribution in [0.5, 0.6) is 0 Å². The number of carboxylic acid groups (broad SMARTS) is 1. The Morgan fingerprint density at radius 1 is 0.796 bits per heavy atom. The zero-order valence-electron chi connectivity index (χ0n) is 27.0. The van der Waals surface area contributed by atoms with Gasteiger partial charge >= 0.3 is 17.9 Å². The van der Waals surface area contributed by atoms with Crippen molar-refractivity contribution < 1.29 is 97.9 Å². The van der Waals surface area contributed by atoms with Crippen LogP contribution in [0.15, 0.2) is 0 Å². The van der Waals surface area contributed by atoms with Crippen LogP contribution in [-0.4, -0.2) is 196 Å². The second kappa shape index (κ2) is 16.9. The first-order valence-corrected chi connectivity index (χ1v) is 15.5. The highest BCUT2D eigenvalue weighted by Gasteiger charge is 2.56. The molecule has 0 aromatic rings. The molecule has 4 saturated heterocycles. The van der Waals surface area contributed by atoms with E-state index in [9.17, 15) is 55.2 Å². The number of β-amino-alcohol motifs (C(OH)–C–C–N with tert-alkyl or cyclic N) is 1. The molecule has 4 aliphatic rings. The van der Waals surface area contributed by atoms with Crippen LogP contribution in [0.3, 0.4) is 0 Å². The molecule has 49 heavy (non-hydrogen) atoms. The molecule has 0 aliphatic carbocycles. The van der Waals surface area contributed by atoms with E-state index in [0.29, 0.717) is 0 Å². The molecular weight excluding hydrogens is 670 g/mol. The van der Waals surface area contributed by atoms with Crippen LogP contribution in [0.1, 0.15) is 20.8 Å². The number of aliphatic hydroxyl groups excluding tert-OH is 7. The van der Waals surface area contributed by atoms with Gasteiger partial charge < -0.3 is 88.8 Å². The normalized spacial score (nSPS) is 45.0. The number of carbonyl (C=O) groups is 3. The fraction of sp³-hybridized carbons (Fsp3) is 0.893. The van der Waals surface area contributed by atoms with Crippen molar-refractivity contribution in [2.75, 3.05) is 26.9 Å². The summed E-state index contributed by atoms with van der Waals surface area (Å²) in [6.07, 6.45) is -27.2. The number of nitrogens with one attached hydrogen (secondary N) is 1. The van der Waals surface area contributed by atoms with Crippen molar-refractivity contribution in [2.24, 2.45) is 0 Å². The van der Waals surface area contributed by atoms with Crippen molar-refractivity contribution in [1.82, 2.24) is 5.32 Å². The molecule has 21 heteroatoms. The Kier molecular flexibility index (Phi) is 13.6. The van der Waals surface area contributed by atoms with Gasteiger partial charge in [-0.05, 0) is 6.92 Å². The molecule has 282 valence electrons. The SMILES string of the molecule is CO[C@H]1C(OC2OC[C@H](OC(C)=O)[C@H](OC(C)=O)C2O[C@H]2OC(C(=O)O)[C@@H](O)[C@H](O)C2O)C(CO)O[C@H](O[C@@H]2[C@@H]([C@@H](C)O)NC[C@@H]2O)C1O. The fourth-order valence-electron chi connectivity index (χ4n) is 6.22. The summed E-state index contributed by atoms with van der Waals surface area (Å²) in [6.45, 7) is 2.39. The molecule has 9 N–H and O–H groups in total. The Bertz CT molecular complexity index is 1130. The van der Waals surface area contributed by atoms with E-state index < -0.39 is 141 Å². The van der Waals surface area contributed by atoms with E-state index in [1.54, 1.807) is 0 Å². The summed E-state index contributed by atoms with van der Waals surface area (Å²) in [5.41, 5.74) is 0. The number of aliphatic carboxylic acids is 1. The van der Waals surface area contributed by atoms with Crippen molar-refractivity contribution in [3.8, 4) is 0 Å². The third-order valence-corrected chi connectivity index (χ3v) is 8.57. The number of ether oxygens (including phenoxy) is 9. The zero-order valence-corrected chi connectivity index (χ0v) is 27.0. The van der Waals surface area contributed by atoms with Gasteiger partial charge in [0, 0.05) is 27.5 Å². The Labute approximate surface area is 279 Å². The highest BCUT2D eigenvalue weighted by molar-refractivity contribution is 5.73. The highest BCUT2D eigenvalue weighted by atomic mass is 16.8. The lowest BCUT2D eigenvalue weighted by atomic mass is 9.97. The number of hydrogen-bond donors (Lipinski definition) is 9. The van der Waals surface area contributed by atoms with Crippen molar-refractivity contribution >= 4 is 17.9 Å². The van der Waals surface area contributed by atoms with Crippen LogP contribution >= 0.6 is 0 Å². The molecule has 0 radical (unpaired) electrons. The van der Waals surface area contributed by atoms with E-state index in [4.69, 9.17) is 42.6 Å². The van der Waals surface area contributed by atoms with Crippen LogP contribution in [0.2, 0.25) is 0 Å². The minimum atomic E-state index is -2.09. The zero-order chi connectivity index (χ0) is 36.3. The maximum atomic E-state index is 12.2. The second-order valence-corrected chi connectivity index (χ2v) is 12.1. The van der Waals surface area contributed by atoms with Crippen LogP contribution in [0.4, 0.5) is 0 Å². The number of esters is 2. The first-order valence-electron chi connectivity index (χ1n) is 15.5. The average molecular weight is 716 g/mol. The maximum absolute atomic E-state index is 12.2. The lowest BCUT2D eigenvalue weighted by Crippen LogP contribution is -2.66. The molecule has 21 nitrogen and oxygen atoms in total. The molecule has 4 fully saturated rings. The molecule has 4 aliphatic heterocycles. The summed E-state index contributed by atoms with van der Waals surface area (Å²) in [6, 6.07) is -0.733. The number of carboxylic acids is 1. The van der Waals surface area contributed by atoms with E-state index in [-0.39, 0.29) is 6.54 Å². The van der Waals surface area contributed by atoms with E-state index in [0.717, 1.165) is 13.8 Å². The lowest BCUT2D eigenvalue weighted by Gasteiger charge is -2.48. The predicted octanol–water partition coefficient (Wildman–Crippen LogP) is -5.94. The van der Waals surface area contributed by atoms with Crippen molar-refractivity contribution in [3.63, 3.8) is 0 Å². The largest absolute Gasteiger partial charge is 0.479 e. The number of hydrogen-bond acceptors (Lipinski definition) is 20. The van der Waals surface area contributed by atoms with Gasteiger partial charge in [0.1, 0.15) is 48.8 Å². The number of methoxy groups -OCH3 is 1. The summed E-state index contributed by atoms with van der Waals surface area (Å²) >= 11 is 0. The summed E-state index contributed by atoms with van der Waals surface area (Å²) < 4.78 is 50.8. The fourth-order valence-corrected chi connectivity index (χ4v) is 6.22. The molecule has 0 saturated carbocycles. The lowest BCUT2D eigenvalue weighted by molar-refractivity contribution is -0.380. The van der Waals surface area contributed by atoms with Crippen molar-refractivity contribution in [1.29, 1.82) is 0 Å². The van der Waals surface area contributed by atoms with Gasteiger partial charge in [0.15, 0.2) is 43.3 Å². The van der Waals surface area contributed by atoms with E-state index in [2.05, 4.69) is 5.32 Å². The highest BCUT2D eigenvalue weighted by Crippen LogP contribution is 2.35. The molecule has 18 atom stereocenters. The molecule has 7 unspecified atom stereocenters. The molecular formula is C28H45NO20. The standard InChI is InChI=1S/C28H45NO20/c1-8(31)14-19(11(34)5-29-14)46-27-18(38)22(41-4)20(12(6-30)45-27)47-28-24(21(44-10(3)33)13(7-42-28)43-9(2)32)49-26-17(37)15(35)16(36)23(48-26)25(39)40/h8,11-24,26-31,34-38H,5-7H2,1-4H3,(H,39,40)/t8-,11+,12?,13+,14-,15+,16+,17?,18?,19+,20?,21+,22-,23?,24?,26-,27-,28?/m1/s1. The van der Waals surface area contributed by atoms with Gasteiger partial charge in [-0.1, -0.05) is 0 Å². The topological polar surface area (TPSA) is 308 Å². The third-order valence-electron chi connectivity index (χ3n) is 8.57. The molecule has 0 aromatic heterocycles. The number of rotatable bonds is 12. The van der Waals surface area contributed by atoms with Crippen LogP contribution < -0.4 is 5.32 Å². The Morgan fingerprint density at radius 2 is 1.41 bits per heavy atom. The molecule has 4 rings (SSSR count). The van der Waals surface area contributed by atoms with Crippen LogP contribution in [0, 0.1) is 0 Å². The van der Waals surface area contributed by atoms with E-state index >= 15 is 0 Å². The number of carbonyl (C=O) groups excluding carboxylic acids is 2. The smallest absolute Gasteiger partial charge is 0.335 e. The number of aliphatic hydroxyl groups is 7. The predicted molar refractivity (Wildman–Crippen MR) is 152 cm³/mol. The summed E-state index contributed by atoms with van der Waals surface area (Å²) in [4.78, 5) is 35.8. The third kappa shape index (κ3) is 8.83.